The number of likely N-dealkylation sites (tertiary alicyclic amines) is 1. The minimum Gasteiger partial charge on any atom is -0.508 e. The fourth-order valence-electron chi connectivity index (χ4n) is 9.79. The number of carbonyl (C=O) groups is 3. The lowest BCUT2D eigenvalue weighted by atomic mass is 9.58. The molecule has 3 N–H and O–H groups in total. The summed E-state index contributed by atoms with van der Waals surface area (Å²) in [5.74, 6) is -2.86. The highest BCUT2D eigenvalue weighted by Gasteiger charge is 2.58. The molecule has 0 unspecified atom stereocenters. The van der Waals surface area contributed by atoms with Gasteiger partial charge in [-0.1, -0.05) is 106 Å². The van der Waals surface area contributed by atoms with E-state index in [1.54, 1.807) is 24.4 Å². The Morgan fingerprint density at radius 1 is 0.900 bits per heavy atom. The Labute approximate surface area is 354 Å². The van der Waals surface area contributed by atoms with Crippen LogP contribution in [-0.4, -0.2) is 77.6 Å². The van der Waals surface area contributed by atoms with Crippen LogP contribution in [0, 0.1) is 17.8 Å². The number of phenolic OH excluding ortho intramolecular Hbond substituents is 1. The van der Waals surface area contributed by atoms with Gasteiger partial charge in [0.2, 0.25) is 11.8 Å². The third-order valence-corrected chi connectivity index (χ3v) is 17.4. The highest BCUT2D eigenvalue weighted by Crippen LogP contribution is 2.51. The van der Waals surface area contributed by atoms with Crippen molar-refractivity contribution in [3.05, 3.63) is 132 Å². The van der Waals surface area contributed by atoms with Crippen molar-refractivity contribution < 1.29 is 38.7 Å². The summed E-state index contributed by atoms with van der Waals surface area (Å²) in [5, 5.41) is 32.8. The molecule has 10 nitrogen and oxygen atoms in total. The molecule has 3 aromatic carbocycles. The van der Waals surface area contributed by atoms with Crippen molar-refractivity contribution in [1.29, 1.82) is 0 Å². The Balaban J connectivity index is 1.28. The number of nitrogens with zero attached hydrogens (tertiary/aromatic N) is 2. The first-order chi connectivity index (χ1) is 28.9. The molecule has 12 heteroatoms. The van der Waals surface area contributed by atoms with Crippen LogP contribution in [0.15, 0.2) is 120 Å². The summed E-state index contributed by atoms with van der Waals surface area (Å²) in [6, 6.07) is 33.6. The molecule has 312 valence electrons. The molecule has 2 saturated heterocycles. The van der Waals surface area contributed by atoms with Crippen LogP contribution >= 0.6 is 0 Å². The van der Waals surface area contributed by atoms with Crippen LogP contribution in [0.1, 0.15) is 77.0 Å². The van der Waals surface area contributed by atoms with Gasteiger partial charge in [0.15, 0.2) is 0 Å². The molecule has 3 heterocycles. The SMILES string of the molecule is CC(C)(C)[Si](OCC1=C2[C@@H](CC/C(=C/c3cccc(O)c3)c3ccccn3)OB(O)C[C@@H]2[C@@H]2C(=O)N(CCCCCC(=O)O)C(=O)[C@@H]2C1)(c1ccccc1)c1ccccc1. The van der Waals surface area contributed by atoms with E-state index in [0.29, 0.717) is 38.5 Å². The van der Waals surface area contributed by atoms with Gasteiger partial charge in [0, 0.05) is 19.2 Å². The number of benzene rings is 3. The Morgan fingerprint density at radius 2 is 1.60 bits per heavy atom. The average Bonchev–Trinajstić information content (AvgIpc) is 3.47. The van der Waals surface area contributed by atoms with E-state index in [1.807, 2.05) is 66.7 Å². The molecule has 60 heavy (non-hydrogen) atoms. The maximum Gasteiger partial charge on any atom is 0.455 e. The van der Waals surface area contributed by atoms with E-state index in [0.717, 1.165) is 38.4 Å². The number of amides is 2. The zero-order valence-corrected chi connectivity index (χ0v) is 35.7. The number of phenols is 1. The smallest absolute Gasteiger partial charge is 0.455 e. The Bertz CT molecular complexity index is 2170. The zero-order chi connectivity index (χ0) is 42.4. The van der Waals surface area contributed by atoms with Gasteiger partial charge in [0.25, 0.3) is 8.32 Å². The normalized spacial score (nSPS) is 21.0. The fraction of sp³-hybridized carbons (Fsp3) is 0.375. The first-order valence-corrected chi connectivity index (χ1v) is 23.1. The maximum atomic E-state index is 14.4. The highest BCUT2D eigenvalue weighted by molar-refractivity contribution is 6.99. The maximum absolute atomic E-state index is 14.4. The summed E-state index contributed by atoms with van der Waals surface area (Å²) in [6.07, 6.45) is 6.27. The van der Waals surface area contributed by atoms with E-state index >= 15 is 0 Å². The van der Waals surface area contributed by atoms with E-state index in [4.69, 9.17) is 14.2 Å². The molecule has 1 aromatic heterocycles. The predicted octanol–water partition coefficient (Wildman–Crippen LogP) is 7.13. The Hall–Kier alpha value is -5.14. The molecule has 3 aliphatic rings. The number of pyridine rings is 1. The number of allylic oxidation sites excluding steroid dienone is 1. The summed E-state index contributed by atoms with van der Waals surface area (Å²) in [7, 11) is -4.18. The van der Waals surface area contributed by atoms with E-state index in [1.165, 1.54) is 4.90 Å². The average molecular weight is 827 g/mol. The molecule has 7 rings (SSSR count). The molecule has 2 fully saturated rings. The van der Waals surface area contributed by atoms with E-state index in [-0.39, 0.29) is 48.5 Å². The summed E-state index contributed by atoms with van der Waals surface area (Å²) >= 11 is 0. The van der Waals surface area contributed by atoms with E-state index in [9.17, 15) is 24.5 Å². The van der Waals surface area contributed by atoms with Crippen molar-refractivity contribution in [3.63, 3.8) is 0 Å². The van der Waals surface area contributed by atoms with Gasteiger partial charge in [-0.05, 0) is 112 Å². The standard InChI is InChI=1S/C48H55BN2O8Si/c1-48(2,3)60(37-18-7-4-8-19-37,38-20-9-5-10-21-38)58-32-35-30-39-45(47(56)51(46(39)55)27-14-6-11-23-43(53)54)40-31-49(57)59-42(44(35)40)25-24-34(41-22-12-13-26-50-41)28-33-16-15-17-36(52)29-33/h4-5,7-10,12-13,15-22,26,28-29,39-40,42,45,52,57H,6,11,14,23-25,27,30-32H2,1-3H3,(H,53,54)/b34-28-/t39-,40+,42-,45-/m1/s1. The molecular formula is C48H55BN2O8Si. The first kappa shape index (κ1) is 43.0. The van der Waals surface area contributed by atoms with Crippen molar-refractivity contribution in [2.24, 2.45) is 17.8 Å². The minimum absolute atomic E-state index is 0.0432. The number of carbonyl (C=O) groups excluding carboxylic acids is 2. The highest BCUT2D eigenvalue weighted by atomic mass is 28.4. The Morgan fingerprint density at radius 3 is 2.23 bits per heavy atom. The first-order valence-electron chi connectivity index (χ1n) is 21.2. The topological polar surface area (TPSA) is 146 Å². The van der Waals surface area contributed by atoms with Crippen LogP contribution in [0.3, 0.4) is 0 Å². The number of aromatic hydroxyl groups is 1. The second-order valence-corrected chi connectivity index (χ2v) is 21.6. The van der Waals surface area contributed by atoms with Crippen molar-refractivity contribution >= 4 is 55.2 Å². The molecule has 4 aromatic rings. The number of carboxylic acid groups (broad SMARTS) is 1. The molecule has 0 radical (unpaired) electrons. The van der Waals surface area contributed by atoms with E-state index in [2.05, 4.69) is 50.0 Å². The quantitative estimate of drug-likeness (QED) is 0.0465. The van der Waals surface area contributed by atoms with Crippen molar-refractivity contribution in [2.45, 2.75) is 83.2 Å². The van der Waals surface area contributed by atoms with Crippen molar-refractivity contribution in [1.82, 2.24) is 9.88 Å². The molecule has 2 amide bonds. The number of aromatic nitrogens is 1. The second-order valence-electron chi connectivity index (χ2n) is 17.3. The van der Waals surface area contributed by atoms with Gasteiger partial charge in [-0.3, -0.25) is 24.3 Å². The summed E-state index contributed by atoms with van der Waals surface area (Å²) in [5.41, 5.74) is 4.38. The molecule has 4 atom stereocenters. The number of rotatable bonds is 16. The van der Waals surface area contributed by atoms with Crippen LogP contribution in [0.4, 0.5) is 0 Å². The minimum atomic E-state index is -3.03. The van der Waals surface area contributed by atoms with Gasteiger partial charge < -0.3 is 24.3 Å². The molecule has 0 spiro atoms. The Kier molecular flexibility index (Phi) is 13.3. The molecule has 1 aliphatic carbocycles. The monoisotopic (exact) mass is 826 g/mol. The van der Waals surface area contributed by atoms with Crippen LogP contribution in [0.5, 0.6) is 5.75 Å². The number of imide groups is 1. The van der Waals surface area contributed by atoms with Crippen LogP contribution in [0.2, 0.25) is 11.4 Å². The zero-order valence-electron chi connectivity index (χ0n) is 34.7. The van der Waals surface area contributed by atoms with Gasteiger partial charge >= 0.3 is 13.1 Å². The molecule has 0 saturated carbocycles. The fourth-order valence-corrected chi connectivity index (χ4v) is 14.3. The second kappa shape index (κ2) is 18.6. The lowest BCUT2D eigenvalue weighted by Crippen LogP contribution is -2.66. The summed E-state index contributed by atoms with van der Waals surface area (Å²) < 4.78 is 14.0. The third-order valence-electron chi connectivity index (χ3n) is 12.4. The van der Waals surface area contributed by atoms with Gasteiger partial charge in [-0.25, -0.2) is 0 Å². The van der Waals surface area contributed by atoms with Crippen molar-refractivity contribution in [2.75, 3.05) is 13.2 Å². The summed E-state index contributed by atoms with van der Waals surface area (Å²) in [6.45, 7) is 7.14. The van der Waals surface area contributed by atoms with Gasteiger partial charge in [0.05, 0.1) is 30.2 Å². The number of unbranched alkanes of at least 4 members (excludes halogenated alkanes) is 2. The number of aliphatic carboxylic acids is 1. The van der Waals surface area contributed by atoms with Crippen LogP contribution < -0.4 is 10.4 Å². The molecule has 2 aliphatic heterocycles. The third kappa shape index (κ3) is 9.12. The number of carboxylic acids is 1. The van der Waals surface area contributed by atoms with Gasteiger partial charge in [-0.15, -0.1) is 0 Å². The number of hydrogen-bond acceptors (Lipinski definition) is 8. The predicted molar refractivity (Wildman–Crippen MR) is 236 cm³/mol. The van der Waals surface area contributed by atoms with Crippen LogP contribution in [-0.2, 0) is 23.5 Å². The lowest BCUT2D eigenvalue weighted by molar-refractivity contribution is -0.141. The molecule has 0 bridgehead atoms. The van der Waals surface area contributed by atoms with Gasteiger partial charge in [-0.2, -0.15) is 0 Å². The molecular weight excluding hydrogens is 771 g/mol. The summed E-state index contributed by atoms with van der Waals surface area (Å²) in [4.78, 5) is 45.9. The van der Waals surface area contributed by atoms with Gasteiger partial charge in [0.1, 0.15) is 5.75 Å². The van der Waals surface area contributed by atoms with E-state index < -0.39 is 45.3 Å². The van der Waals surface area contributed by atoms with Crippen molar-refractivity contribution in [3.8, 4) is 5.75 Å². The largest absolute Gasteiger partial charge is 0.508 e. The lowest BCUT2D eigenvalue weighted by Gasteiger charge is -2.46. The number of fused-ring (bicyclic) bond motifs is 3. The number of hydrogen-bond donors (Lipinski definition) is 3. The van der Waals surface area contributed by atoms with Crippen LogP contribution in [0.25, 0.3) is 11.6 Å².